The molecule has 0 radical (unpaired) electrons. The van der Waals surface area contributed by atoms with Crippen molar-refractivity contribution < 1.29 is 24.3 Å². The van der Waals surface area contributed by atoms with Gasteiger partial charge in [0.2, 0.25) is 23.6 Å². The second-order valence-electron chi connectivity index (χ2n) is 11.9. The average Bonchev–Trinajstić information content (AvgIpc) is 3.49. The number of nitrogens with one attached hydrogen (secondary N) is 2. The number of hydrogen-bond acceptors (Lipinski definition) is 6. The molecule has 3 aromatic rings. The molecule has 0 aliphatic carbocycles. The molecule has 1 heterocycles. The number of hydrogen-bond donors (Lipinski definition) is 5. The van der Waals surface area contributed by atoms with Gasteiger partial charge in [-0.25, -0.2) is 0 Å². The lowest BCUT2D eigenvalue weighted by molar-refractivity contribution is -0.140. The van der Waals surface area contributed by atoms with Gasteiger partial charge in [0.25, 0.3) is 0 Å². The molecule has 7 N–H and O–H groups in total. The van der Waals surface area contributed by atoms with Gasteiger partial charge in [-0.15, -0.1) is 12.4 Å². The van der Waals surface area contributed by atoms with Gasteiger partial charge in [-0.3, -0.25) is 19.2 Å². The zero-order valence-corrected chi connectivity index (χ0v) is 27.3. The van der Waals surface area contributed by atoms with Crippen molar-refractivity contribution in [2.24, 2.45) is 11.5 Å². The second-order valence-corrected chi connectivity index (χ2v) is 11.9. The van der Waals surface area contributed by atoms with Gasteiger partial charge in [0.1, 0.15) is 23.9 Å². The lowest BCUT2D eigenvalue weighted by atomic mass is 9.95. The van der Waals surface area contributed by atoms with Crippen molar-refractivity contribution in [3.8, 4) is 5.75 Å². The largest absolute Gasteiger partial charge is 0.508 e. The van der Waals surface area contributed by atoms with E-state index in [4.69, 9.17) is 11.5 Å². The summed E-state index contributed by atoms with van der Waals surface area (Å²) in [5.74, 6) is -1.89. The summed E-state index contributed by atoms with van der Waals surface area (Å²) in [6, 6.07) is 16.3. The van der Waals surface area contributed by atoms with Crippen LogP contribution in [0.4, 0.5) is 0 Å². The highest BCUT2D eigenvalue weighted by Crippen LogP contribution is 2.24. The number of phenols is 1. The summed E-state index contributed by atoms with van der Waals surface area (Å²) in [6.07, 6.45) is 1.69. The quantitative estimate of drug-likeness (QED) is 0.202. The number of amides is 4. The fourth-order valence-electron chi connectivity index (χ4n) is 6.00. The minimum absolute atomic E-state index is 0. The fraction of sp³-hybridized carbons (Fsp3) is 0.371. The summed E-state index contributed by atoms with van der Waals surface area (Å²) < 4.78 is 0. The molecule has 46 heavy (non-hydrogen) atoms. The number of primary amides is 1. The molecule has 4 rings (SSSR count). The van der Waals surface area contributed by atoms with Gasteiger partial charge < -0.3 is 32.1 Å². The Morgan fingerprint density at radius 2 is 1.50 bits per heavy atom. The molecule has 0 unspecified atom stereocenters. The zero-order chi connectivity index (χ0) is 32.7. The topological polar surface area (TPSA) is 168 Å². The molecule has 0 saturated carbocycles. The molecule has 1 saturated heterocycles. The number of phenolic OH excluding ortho intramolecular Hbond substituents is 1. The van der Waals surface area contributed by atoms with Crippen LogP contribution >= 0.6 is 12.4 Å². The van der Waals surface area contributed by atoms with E-state index in [0.29, 0.717) is 19.4 Å². The van der Waals surface area contributed by atoms with Crippen molar-refractivity contribution in [1.82, 2.24) is 15.5 Å². The van der Waals surface area contributed by atoms with Crippen LogP contribution in [0.3, 0.4) is 0 Å². The summed E-state index contributed by atoms with van der Waals surface area (Å²) in [6.45, 7) is 6.00. The minimum atomic E-state index is -1.02. The van der Waals surface area contributed by atoms with Crippen LogP contribution in [0.15, 0.2) is 66.7 Å². The highest BCUT2D eigenvalue weighted by atomic mass is 35.5. The van der Waals surface area contributed by atoms with Gasteiger partial charge in [-0.2, -0.15) is 0 Å². The standard InChI is InChI=1S/C35H43N5O5.ClH/c1-21-10-7-8-13-25(21)19-30(33(43)38-29(32(37)42)18-24-11-5-4-6-12-24)39-34(44)31-14-9-15-40(31)35(45)28(36)20-27-22(2)16-26(41)17-23(27)3;/h4-8,10-13,16-17,28-31,41H,9,14-15,18-20,36H2,1-3H3,(H2,37,42)(H,38,43)(H,39,44);1H/t28-,29-,30-,31-;/m0./s1. The Bertz CT molecular complexity index is 1530. The number of rotatable bonds is 12. The molecule has 1 fully saturated rings. The van der Waals surface area contributed by atoms with E-state index in [1.807, 2.05) is 75.4 Å². The molecular formula is C35H44ClN5O5. The summed E-state index contributed by atoms with van der Waals surface area (Å²) in [5, 5.41) is 15.5. The molecule has 246 valence electrons. The number of carbonyl (C=O) groups is 4. The maximum atomic E-state index is 13.7. The Labute approximate surface area is 276 Å². The maximum Gasteiger partial charge on any atom is 0.243 e. The first kappa shape index (κ1) is 36.1. The molecule has 0 aromatic heterocycles. The monoisotopic (exact) mass is 649 g/mol. The van der Waals surface area contributed by atoms with Crippen LogP contribution in [0, 0.1) is 20.8 Å². The van der Waals surface area contributed by atoms with Crippen LogP contribution in [-0.4, -0.2) is 64.3 Å². The lowest BCUT2D eigenvalue weighted by Gasteiger charge is -2.29. The number of carbonyl (C=O) groups excluding carboxylic acids is 4. The number of benzene rings is 3. The van der Waals surface area contributed by atoms with Crippen molar-refractivity contribution in [2.75, 3.05) is 6.54 Å². The molecule has 10 nitrogen and oxygen atoms in total. The number of likely N-dealkylation sites (tertiary alicyclic amines) is 1. The molecule has 1 aliphatic heterocycles. The van der Waals surface area contributed by atoms with E-state index in [0.717, 1.165) is 33.4 Å². The number of aryl methyl sites for hydroxylation is 3. The van der Waals surface area contributed by atoms with E-state index in [2.05, 4.69) is 10.6 Å². The van der Waals surface area contributed by atoms with Gasteiger partial charge in [0, 0.05) is 19.4 Å². The lowest BCUT2D eigenvalue weighted by Crippen LogP contribution is -2.58. The number of halogens is 1. The van der Waals surface area contributed by atoms with E-state index < -0.39 is 41.9 Å². The summed E-state index contributed by atoms with van der Waals surface area (Å²) in [7, 11) is 0. The van der Waals surface area contributed by atoms with Crippen LogP contribution in [-0.2, 0) is 38.4 Å². The molecule has 3 aromatic carbocycles. The molecule has 0 spiro atoms. The highest BCUT2D eigenvalue weighted by Gasteiger charge is 2.38. The number of aromatic hydroxyl groups is 1. The molecule has 0 bridgehead atoms. The van der Waals surface area contributed by atoms with Crippen molar-refractivity contribution in [2.45, 2.75) is 77.0 Å². The number of nitrogens with zero attached hydrogens (tertiary/aromatic N) is 1. The Kier molecular flexibility index (Phi) is 12.7. The second kappa shape index (κ2) is 16.2. The van der Waals surface area contributed by atoms with Crippen LogP contribution in [0.1, 0.15) is 46.2 Å². The minimum Gasteiger partial charge on any atom is -0.508 e. The average molecular weight is 650 g/mol. The summed E-state index contributed by atoms with van der Waals surface area (Å²) in [4.78, 5) is 54.8. The summed E-state index contributed by atoms with van der Waals surface area (Å²) >= 11 is 0. The summed E-state index contributed by atoms with van der Waals surface area (Å²) in [5.41, 5.74) is 17.2. The zero-order valence-electron chi connectivity index (χ0n) is 26.5. The van der Waals surface area contributed by atoms with Crippen LogP contribution < -0.4 is 22.1 Å². The van der Waals surface area contributed by atoms with Gasteiger partial charge in [0.05, 0.1) is 6.04 Å². The predicted molar refractivity (Wildman–Crippen MR) is 179 cm³/mol. The van der Waals surface area contributed by atoms with Gasteiger partial charge in [0.15, 0.2) is 0 Å². The van der Waals surface area contributed by atoms with E-state index in [1.165, 1.54) is 4.90 Å². The Morgan fingerprint density at radius 3 is 2.13 bits per heavy atom. The van der Waals surface area contributed by atoms with E-state index in [1.54, 1.807) is 12.1 Å². The van der Waals surface area contributed by atoms with E-state index in [-0.39, 0.29) is 43.3 Å². The Balaban J connectivity index is 0.00000576. The van der Waals surface area contributed by atoms with Gasteiger partial charge in [-0.05, 0) is 85.5 Å². The van der Waals surface area contributed by atoms with Crippen LogP contribution in [0.25, 0.3) is 0 Å². The Hall–Kier alpha value is -4.41. The molecule has 4 atom stereocenters. The smallest absolute Gasteiger partial charge is 0.243 e. The predicted octanol–water partition coefficient (Wildman–Crippen LogP) is 2.54. The first-order valence-electron chi connectivity index (χ1n) is 15.3. The molecule has 1 aliphatic rings. The van der Waals surface area contributed by atoms with Gasteiger partial charge >= 0.3 is 0 Å². The van der Waals surface area contributed by atoms with Crippen LogP contribution in [0.5, 0.6) is 5.75 Å². The normalized spacial score (nSPS) is 16.1. The fourth-order valence-corrected chi connectivity index (χ4v) is 6.00. The Morgan fingerprint density at radius 1 is 0.870 bits per heavy atom. The van der Waals surface area contributed by atoms with E-state index in [9.17, 15) is 24.3 Å². The van der Waals surface area contributed by atoms with Gasteiger partial charge in [-0.1, -0.05) is 54.6 Å². The van der Waals surface area contributed by atoms with Crippen molar-refractivity contribution >= 4 is 36.0 Å². The van der Waals surface area contributed by atoms with Crippen molar-refractivity contribution in [3.63, 3.8) is 0 Å². The first-order valence-corrected chi connectivity index (χ1v) is 15.3. The molecular weight excluding hydrogens is 606 g/mol. The third-order valence-corrected chi connectivity index (χ3v) is 8.52. The molecule has 4 amide bonds. The first-order chi connectivity index (χ1) is 21.4. The SMILES string of the molecule is Cc1ccccc1C[C@H](NC(=O)[C@@H]1CCCN1C(=O)[C@@H](N)Cc1c(C)cc(O)cc1C)C(=O)N[C@@H](Cc1ccccc1)C(N)=O.Cl. The molecule has 11 heteroatoms. The highest BCUT2D eigenvalue weighted by molar-refractivity contribution is 5.95. The van der Waals surface area contributed by atoms with Crippen molar-refractivity contribution in [1.29, 1.82) is 0 Å². The third kappa shape index (κ3) is 9.08. The van der Waals surface area contributed by atoms with Crippen LogP contribution in [0.2, 0.25) is 0 Å². The number of nitrogens with two attached hydrogens (primary N) is 2. The maximum absolute atomic E-state index is 13.7. The van der Waals surface area contributed by atoms with E-state index >= 15 is 0 Å². The van der Waals surface area contributed by atoms with Crippen molar-refractivity contribution in [3.05, 3.63) is 100 Å². The third-order valence-electron chi connectivity index (χ3n) is 8.52.